The first-order valence-electron chi connectivity index (χ1n) is 6.14. The van der Waals surface area contributed by atoms with Crippen LogP contribution in [-0.2, 0) is 6.54 Å². The van der Waals surface area contributed by atoms with Gasteiger partial charge in [0, 0.05) is 18.6 Å². The van der Waals surface area contributed by atoms with E-state index in [4.69, 9.17) is 10.2 Å². The average Bonchev–Trinajstić information content (AvgIpc) is 2.94. The van der Waals surface area contributed by atoms with Gasteiger partial charge in [-0.25, -0.2) is 4.98 Å². The number of rotatable bonds is 3. The molecule has 2 atom stereocenters. The van der Waals surface area contributed by atoms with Crippen molar-refractivity contribution in [2.75, 3.05) is 0 Å². The first-order valence-corrected chi connectivity index (χ1v) is 6.14. The molecule has 4 nitrogen and oxygen atoms in total. The van der Waals surface area contributed by atoms with Crippen molar-refractivity contribution in [3.63, 3.8) is 0 Å². The Morgan fingerprint density at radius 1 is 1.41 bits per heavy atom. The Morgan fingerprint density at radius 3 is 3.18 bits per heavy atom. The largest absolute Gasteiger partial charge is 0.443 e. The van der Waals surface area contributed by atoms with Crippen molar-refractivity contribution in [1.29, 1.82) is 0 Å². The normalized spacial score (nSPS) is 24.5. The van der Waals surface area contributed by atoms with Crippen LogP contribution in [0.4, 0.5) is 0 Å². The van der Waals surface area contributed by atoms with Crippen LogP contribution in [-0.4, -0.2) is 17.1 Å². The third-order valence-electron chi connectivity index (χ3n) is 3.53. The number of nitrogens with zero attached hydrogens (tertiary/aromatic N) is 1. The van der Waals surface area contributed by atoms with Crippen LogP contribution in [0.3, 0.4) is 0 Å². The summed E-state index contributed by atoms with van der Waals surface area (Å²) < 4.78 is 5.29. The molecule has 1 aliphatic rings. The number of nitrogens with two attached hydrogens (primary N) is 1. The first-order chi connectivity index (χ1) is 8.33. The van der Waals surface area contributed by atoms with Gasteiger partial charge in [0.1, 0.15) is 5.52 Å². The summed E-state index contributed by atoms with van der Waals surface area (Å²) in [6.45, 7) is 0.842. The fourth-order valence-corrected chi connectivity index (χ4v) is 2.50. The Hall–Kier alpha value is -1.39. The number of benzene rings is 1. The molecule has 0 saturated heterocycles. The second-order valence-corrected chi connectivity index (χ2v) is 4.74. The van der Waals surface area contributed by atoms with Gasteiger partial charge in [-0.1, -0.05) is 12.5 Å². The number of aromatic nitrogens is 1. The fourth-order valence-electron chi connectivity index (χ4n) is 2.50. The van der Waals surface area contributed by atoms with Crippen LogP contribution < -0.4 is 11.1 Å². The molecule has 1 aromatic carbocycles. The number of fused-ring (bicyclic) bond motifs is 1. The molecule has 17 heavy (non-hydrogen) atoms. The summed E-state index contributed by atoms with van der Waals surface area (Å²) in [5.41, 5.74) is 9.00. The summed E-state index contributed by atoms with van der Waals surface area (Å²) in [5.74, 6) is 0. The maximum Gasteiger partial charge on any atom is 0.181 e. The first kappa shape index (κ1) is 10.7. The van der Waals surface area contributed by atoms with Crippen LogP contribution in [0.1, 0.15) is 24.8 Å². The van der Waals surface area contributed by atoms with Crippen LogP contribution in [0.2, 0.25) is 0 Å². The maximum atomic E-state index is 6.03. The Labute approximate surface area is 100 Å². The summed E-state index contributed by atoms with van der Waals surface area (Å²) in [6, 6.07) is 6.88. The lowest BCUT2D eigenvalue weighted by molar-refractivity contribution is 0.475. The van der Waals surface area contributed by atoms with Crippen LogP contribution in [0, 0.1) is 0 Å². The zero-order chi connectivity index (χ0) is 11.7. The van der Waals surface area contributed by atoms with E-state index in [1.165, 1.54) is 24.8 Å². The lowest BCUT2D eigenvalue weighted by Gasteiger charge is -2.17. The molecule has 1 saturated carbocycles. The van der Waals surface area contributed by atoms with Gasteiger partial charge in [0.2, 0.25) is 0 Å². The summed E-state index contributed by atoms with van der Waals surface area (Å²) >= 11 is 0. The van der Waals surface area contributed by atoms with E-state index >= 15 is 0 Å². The average molecular weight is 231 g/mol. The van der Waals surface area contributed by atoms with E-state index in [0.717, 1.165) is 24.1 Å². The predicted octanol–water partition coefficient (Wildman–Crippen LogP) is 1.80. The van der Waals surface area contributed by atoms with Crippen molar-refractivity contribution < 1.29 is 4.42 Å². The molecule has 0 amide bonds. The molecular formula is C13H17N3O. The van der Waals surface area contributed by atoms with E-state index in [0.29, 0.717) is 12.1 Å². The summed E-state index contributed by atoms with van der Waals surface area (Å²) in [5, 5.41) is 3.52. The molecule has 2 unspecified atom stereocenters. The van der Waals surface area contributed by atoms with Crippen LogP contribution in [0.15, 0.2) is 29.0 Å². The van der Waals surface area contributed by atoms with Crippen LogP contribution in [0.5, 0.6) is 0 Å². The van der Waals surface area contributed by atoms with Crippen molar-refractivity contribution >= 4 is 11.1 Å². The van der Waals surface area contributed by atoms with Gasteiger partial charge in [-0.05, 0) is 30.5 Å². The highest BCUT2D eigenvalue weighted by Gasteiger charge is 2.22. The second-order valence-electron chi connectivity index (χ2n) is 4.74. The summed E-state index contributed by atoms with van der Waals surface area (Å²) in [4.78, 5) is 4.10. The molecule has 0 radical (unpaired) electrons. The summed E-state index contributed by atoms with van der Waals surface area (Å²) in [7, 11) is 0. The molecule has 0 bridgehead atoms. The molecule has 1 heterocycles. The van der Waals surface area contributed by atoms with Gasteiger partial charge in [0.15, 0.2) is 12.0 Å². The predicted molar refractivity (Wildman–Crippen MR) is 66.5 cm³/mol. The van der Waals surface area contributed by atoms with Crippen molar-refractivity contribution in [1.82, 2.24) is 10.3 Å². The molecule has 2 aromatic rings. The van der Waals surface area contributed by atoms with Gasteiger partial charge in [-0.2, -0.15) is 0 Å². The molecule has 3 N–H and O–H groups in total. The Kier molecular flexibility index (Phi) is 2.82. The molecule has 1 fully saturated rings. The molecule has 4 heteroatoms. The van der Waals surface area contributed by atoms with E-state index in [-0.39, 0.29) is 0 Å². The van der Waals surface area contributed by atoms with Crippen LogP contribution >= 0.6 is 0 Å². The minimum Gasteiger partial charge on any atom is -0.443 e. The van der Waals surface area contributed by atoms with Crippen LogP contribution in [0.25, 0.3) is 11.1 Å². The quantitative estimate of drug-likeness (QED) is 0.845. The van der Waals surface area contributed by atoms with E-state index < -0.39 is 0 Å². The third-order valence-corrected chi connectivity index (χ3v) is 3.53. The highest BCUT2D eigenvalue weighted by atomic mass is 16.3. The fraction of sp³-hybridized carbons (Fsp3) is 0.462. The minimum absolute atomic E-state index is 0.309. The maximum absolute atomic E-state index is 6.03. The van der Waals surface area contributed by atoms with Crippen molar-refractivity contribution in [3.8, 4) is 0 Å². The summed E-state index contributed by atoms with van der Waals surface area (Å²) in [6.07, 6.45) is 5.04. The smallest absolute Gasteiger partial charge is 0.181 e. The Morgan fingerprint density at radius 2 is 2.35 bits per heavy atom. The Balaban J connectivity index is 1.67. The van der Waals surface area contributed by atoms with Gasteiger partial charge in [0.25, 0.3) is 0 Å². The molecule has 0 aliphatic heterocycles. The van der Waals surface area contributed by atoms with Gasteiger partial charge in [-0.15, -0.1) is 0 Å². The van der Waals surface area contributed by atoms with E-state index in [1.807, 2.05) is 12.1 Å². The highest BCUT2D eigenvalue weighted by Crippen LogP contribution is 2.18. The van der Waals surface area contributed by atoms with Crippen molar-refractivity contribution in [3.05, 3.63) is 30.2 Å². The number of nitrogens with one attached hydrogen (secondary N) is 1. The van der Waals surface area contributed by atoms with E-state index in [9.17, 15) is 0 Å². The molecule has 90 valence electrons. The van der Waals surface area contributed by atoms with E-state index in [1.54, 1.807) is 0 Å². The third kappa shape index (κ3) is 2.18. The topological polar surface area (TPSA) is 64.1 Å². The highest BCUT2D eigenvalue weighted by molar-refractivity contribution is 5.72. The SMILES string of the molecule is NC1CCCC1NCc1ccc2ncoc2c1. The minimum atomic E-state index is 0.309. The standard InChI is InChI=1S/C13H17N3O/c14-10-2-1-3-11(10)15-7-9-4-5-12-13(6-9)17-8-16-12/h4-6,8,10-11,15H,1-3,7,14H2. The number of hydrogen-bond donors (Lipinski definition) is 2. The molecule has 1 aliphatic carbocycles. The lowest BCUT2D eigenvalue weighted by atomic mass is 10.1. The number of hydrogen-bond acceptors (Lipinski definition) is 4. The zero-order valence-corrected chi connectivity index (χ0v) is 9.73. The second kappa shape index (κ2) is 4.47. The lowest BCUT2D eigenvalue weighted by Crippen LogP contribution is -2.40. The van der Waals surface area contributed by atoms with Gasteiger partial charge < -0.3 is 15.5 Å². The molecular weight excluding hydrogens is 214 g/mol. The zero-order valence-electron chi connectivity index (χ0n) is 9.73. The molecule has 3 rings (SSSR count). The van der Waals surface area contributed by atoms with Gasteiger partial charge >= 0.3 is 0 Å². The van der Waals surface area contributed by atoms with Gasteiger partial charge in [0.05, 0.1) is 0 Å². The monoisotopic (exact) mass is 231 g/mol. The number of oxazole rings is 1. The molecule has 0 spiro atoms. The van der Waals surface area contributed by atoms with Crippen molar-refractivity contribution in [2.24, 2.45) is 5.73 Å². The van der Waals surface area contributed by atoms with E-state index in [2.05, 4.69) is 16.4 Å². The van der Waals surface area contributed by atoms with Crippen molar-refractivity contribution in [2.45, 2.75) is 37.9 Å². The van der Waals surface area contributed by atoms with Gasteiger partial charge in [-0.3, -0.25) is 0 Å². The Bertz CT molecular complexity index is 508. The molecule has 1 aromatic heterocycles.